The Kier molecular flexibility index (Phi) is 4.75. The second-order valence-corrected chi connectivity index (χ2v) is 7.80. The number of halogens is 1. The molecule has 1 atom stereocenters. The van der Waals surface area contributed by atoms with Crippen molar-refractivity contribution in [3.05, 3.63) is 54.0 Å². The van der Waals surface area contributed by atoms with Gasteiger partial charge in [-0.3, -0.25) is 4.90 Å². The second kappa shape index (κ2) is 7.55. The Hall–Kier alpha value is -2.80. The zero-order chi connectivity index (χ0) is 19.8. The average molecular weight is 393 g/mol. The summed E-state index contributed by atoms with van der Waals surface area (Å²) in [6.07, 6.45) is 4.22. The third kappa shape index (κ3) is 3.40. The Bertz CT molecular complexity index is 1100. The highest BCUT2D eigenvalue weighted by atomic mass is 19.1. The third-order valence-corrected chi connectivity index (χ3v) is 5.92. The van der Waals surface area contributed by atoms with Gasteiger partial charge in [-0.05, 0) is 43.5 Å². The zero-order valence-electron chi connectivity index (χ0n) is 16.5. The van der Waals surface area contributed by atoms with Crippen LogP contribution in [0.15, 0.2) is 47.0 Å². The molecule has 1 fully saturated rings. The third-order valence-electron chi connectivity index (χ3n) is 5.92. The monoisotopic (exact) mass is 393 g/mol. The lowest BCUT2D eigenvalue weighted by Gasteiger charge is -2.36. The minimum absolute atomic E-state index is 0.163. The normalized spacial score (nSPS) is 17.3. The van der Waals surface area contributed by atoms with Gasteiger partial charge in [0.15, 0.2) is 5.58 Å². The van der Waals surface area contributed by atoms with Crippen molar-refractivity contribution in [2.75, 3.05) is 13.1 Å². The smallest absolute Gasteiger partial charge is 0.170 e. The van der Waals surface area contributed by atoms with Crippen LogP contribution < -0.4 is 0 Å². The molecule has 4 aromatic rings. The Morgan fingerprint density at radius 2 is 1.83 bits per heavy atom. The first-order valence-corrected chi connectivity index (χ1v) is 10.3. The first-order valence-electron chi connectivity index (χ1n) is 10.3. The largest absolute Gasteiger partial charge is 0.356 e. The fourth-order valence-corrected chi connectivity index (χ4v) is 4.41. The first-order chi connectivity index (χ1) is 14.2. The van der Waals surface area contributed by atoms with E-state index in [-0.39, 0.29) is 12.0 Å². The number of hydrogen-bond acceptors (Lipinski definition) is 5. The number of piperidine rings is 1. The fourth-order valence-electron chi connectivity index (χ4n) is 4.41. The number of aromatic nitrogens is 4. The first kappa shape index (κ1) is 18.2. The second-order valence-electron chi connectivity index (χ2n) is 7.80. The topological polar surface area (TPSA) is 60.0 Å². The average Bonchev–Trinajstić information content (AvgIpc) is 3.36. The molecule has 7 heteroatoms. The van der Waals surface area contributed by atoms with Crippen LogP contribution in [0.4, 0.5) is 4.39 Å². The maximum atomic E-state index is 13.4. The number of rotatable bonds is 5. The Labute approximate surface area is 168 Å². The van der Waals surface area contributed by atoms with Gasteiger partial charge in [-0.25, -0.2) is 4.39 Å². The summed E-state index contributed by atoms with van der Waals surface area (Å²) in [5, 5.41) is 14.6. The molecule has 6 nitrogen and oxygen atoms in total. The molecule has 2 aromatic carbocycles. The van der Waals surface area contributed by atoms with Gasteiger partial charge in [0, 0.05) is 30.5 Å². The molecule has 2 aromatic heterocycles. The lowest BCUT2D eigenvalue weighted by Crippen LogP contribution is -2.39. The van der Waals surface area contributed by atoms with Crippen LogP contribution >= 0.6 is 0 Å². The maximum absolute atomic E-state index is 13.4. The molecular formula is C22H24FN5O. The van der Waals surface area contributed by atoms with Crippen molar-refractivity contribution in [3.8, 4) is 0 Å². The van der Waals surface area contributed by atoms with Crippen LogP contribution in [0.2, 0.25) is 0 Å². The van der Waals surface area contributed by atoms with Gasteiger partial charge < -0.3 is 4.52 Å². The summed E-state index contributed by atoms with van der Waals surface area (Å²) in [6, 6.07) is 12.7. The molecule has 0 aliphatic carbocycles. The van der Waals surface area contributed by atoms with Crippen LogP contribution in [0.1, 0.15) is 50.4 Å². The van der Waals surface area contributed by atoms with Gasteiger partial charge in [-0.2, -0.15) is 15.0 Å². The highest BCUT2D eigenvalue weighted by Gasteiger charge is 2.30. The summed E-state index contributed by atoms with van der Waals surface area (Å²) in [5.41, 5.74) is 3.35. The number of benzene rings is 2. The SMILES string of the molecule is CCCC(N1CCC(c2noc3cc(F)ccc23)CC1)n1nc2ccccc2n1. The van der Waals surface area contributed by atoms with E-state index in [1.54, 1.807) is 6.07 Å². The van der Waals surface area contributed by atoms with Crippen LogP contribution in [0.25, 0.3) is 22.0 Å². The lowest BCUT2D eigenvalue weighted by molar-refractivity contribution is 0.0768. The van der Waals surface area contributed by atoms with Crippen LogP contribution in [0.5, 0.6) is 0 Å². The van der Waals surface area contributed by atoms with Crippen molar-refractivity contribution in [1.82, 2.24) is 25.1 Å². The predicted octanol–water partition coefficient (Wildman–Crippen LogP) is 4.89. The van der Waals surface area contributed by atoms with E-state index in [1.165, 1.54) is 12.1 Å². The molecule has 0 saturated carbocycles. The van der Waals surface area contributed by atoms with Gasteiger partial charge >= 0.3 is 0 Å². The minimum Gasteiger partial charge on any atom is -0.356 e. The molecule has 1 unspecified atom stereocenters. The van der Waals surface area contributed by atoms with Crippen molar-refractivity contribution < 1.29 is 8.91 Å². The molecule has 29 heavy (non-hydrogen) atoms. The van der Waals surface area contributed by atoms with Crippen LogP contribution in [-0.2, 0) is 0 Å². The van der Waals surface area contributed by atoms with Crippen molar-refractivity contribution in [3.63, 3.8) is 0 Å². The number of nitrogens with zero attached hydrogens (tertiary/aromatic N) is 5. The Morgan fingerprint density at radius 3 is 2.52 bits per heavy atom. The van der Waals surface area contributed by atoms with Gasteiger partial charge in [0.1, 0.15) is 23.0 Å². The molecule has 0 spiro atoms. The lowest BCUT2D eigenvalue weighted by atomic mass is 9.91. The predicted molar refractivity (Wildman–Crippen MR) is 109 cm³/mol. The zero-order valence-corrected chi connectivity index (χ0v) is 16.5. The molecule has 3 heterocycles. The molecule has 5 rings (SSSR count). The van der Waals surface area contributed by atoms with Gasteiger partial charge in [0.05, 0.1) is 5.69 Å². The molecule has 0 N–H and O–H groups in total. The summed E-state index contributed by atoms with van der Waals surface area (Å²) >= 11 is 0. The fraction of sp³-hybridized carbons (Fsp3) is 0.409. The highest BCUT2D eigenvalue weighted by Crippen LogP contribution is 2.35. The van der Waals surface area contributed by atoms with Crippen LogP contribution in [0, 0.1) is 5.82 Å². The molecule has 0 radical (unpaired) electrons. The van der Waals surface area contributed by atoms with E-state index in [2.05, 4.69) is 17.0 Å². The standard InChI is InChI=1S/C22H24FN5O/c1-2-5-21(28-24-18-6-3-4-7-19(18)25-28)27-12-10-15(11-13-27)22-17-9-8-16(23)14-20(17)29-26-22/h3-4,6-9,14-15,21H,2,5,10-13H2,1H3. The molecule has 1 saturated heterocycles. The molecular weight excluding hydrogens is 369 g/mol. The van der Waals surface area contributed by atoms with Gasteiger partial charge in [0.25, 0.3) is 0 Å². The van der Waals surface area contributed by atoms with Gasteiger partial charge in [0.2, 0.25) is 0 Å². The molecule has 1 aliphatic heterocycles. The van der Waals surface area contributed by atoms with E-state index < -0.39 is 0 Å². The Balaban J connectivity index is 1.34. The van der Waals surface area contributed by atoms with Crippen molar-refractivity contribution in [1.29, 1.82) is 0 Å². The van der Waals surface area contributed by atoms with E-state index in [4.69, 9.17) is 14.7 Å². The minimum atomic E-state index is -0.295. The van der Waals surface area contributed by atoms with Crippen molar-refractivity contribution in [2.45, 2.75) is 44.7 Å². The van der Waals surface area contributed by atoms with E-state index in [0.29, 0.717) is 11.5 Å². The summed E-state index contributed by atoms with van der Waals surface area (Å²) in [6.45, 7) is 4.09. The van der Waals surface area contributed by atoms with Crippen molar-refractivity contribution in [2.24, 2.45) is 0 Å². The number of likely N-dealkylation sites (tertiary alicyclic amines) is 1. The highest BCUT2D eigenvalue weighted by molar-refractivity contribution is 5.80. The molecule has 0 amide bonds. The molecule has 0 bridgehead atoms. The summed E-state index contributed by atoms with van der Waals surface area (Å²) < 4.78 is 18.8. The number of hydrogen-bond donors (Lipinski definition) is 0. The van der Waals surface area contributed by atoms with Gasteiger partial charge in [-0.1, -0.05) is 30.6 Å². The van der Waals surface area contributed by atoms with Crippen molar-refractivity contribution >= 4 is 22.0 Å². The van der Waals surface area contributed by atoms with Gasteiger partial charge in [-0.15, -0.1) is 0 Å². The molecule has 1 aliphatic rings. The van der Waals surface area contributed by atoms with Crippen LogP contribution in [0.3, 0.4) is 0 Å². The summed E-state index contributed by atoms with van der Waals surface area (Å²) in [7, 11) is 0. The van der Waals surface area contributed by atoms with E-state index in [9.17, 15) is 4.39 Å². The quantitative estimate of drug-likeness (QED) is 0.483. The van der Waals surface area contributed by atoms with Crippen LogP contribution in [-0.4, -0.2) is 38.1 Å². The van der Waals surface area contributed by atoms with E-state index in [0.717, 1.165) is 60.9 Å². The maximum Gasteiger partial charge on any atom is 0.170 e. The van der Waals surface area contributed by atoms with E-state index >= 15 is 0 Å². The summed E-state index contributed by atoms with van der Waals surface area (Å²) in [5.74, 6) is 0.0291. The molecule has 150 valence electrons. The van der Waals surface area contributed by atoms with E-state index in [1.807, 2.05) is 29.1 Å². The number of fused-ring (bicyclic) bond motifs is 2. The summed E-state index contributed by atoms with van der Waals surface area (Å²) in [4.78, 5) is 4.36. The Morgan fingerprint density at radius 1 is 1.10 bits per heavy atom.